The summed E-state index contributed by atoms with van der Waals surface area (Å²) >= 11 is 0. The van der Waals surface area contributed by atoms with Gasteiger partial charge in [-0.3, -0.25) is 4.79 Å². The van der Waals surface area contributed by atoms with E-state index in [1.165, 1.54) is 18.2 Å². The van der Waals surface area contributed by atoms with Gasteiger partial charge in [0.2, 0.25) is 0 Å². The Labute approximate surface area is 170 Å². The van der Waals surface area contributed by atoms with Crippen LogP contribution in [0.25, 0.3) is 0 Å². The van der Waals surface area contributed by atoms with E-state index >= 15 is 0 Å². The van der Waals surface area contributed by atoms with Crippen LogP contribution in [-0.2, 0) is 19.4 Å². The van der Waals surface area contributed by atoms with E-state index in [0.29, 0.717) is 5.56 Å². The van der Waals surface area contributed by atoms with Gasteiger partial charge in [0.15, 0.2) is 16.4 Å². The number of hydrogen-bond acceptors (Lipinski definition) is 6. The SMILES string of the molecule is Cc1ccc(OCCNC(=O)COC(=O)c2cc(S(C)(=O)=O)ccc2C)c(C)c1. The quantitative estimate of drug-likeness (QED) is 0.521. The van der Waals surface area contributed by atoms with E-state index in [9.17, 15) is 18.0 Å². The van der Waals surface area contributed by atoms with E-state index < -0.39 is 28.3 Å². The molecule has 0 bridgehead atoms. The third-order valence-corrected chi connectivity index (χ3v) is 5.31. The van der Waals surface area contributed by atoms with Crippen molar-refractivity contribution in [2.75, 3.05) is 26.0 Å². The molecule has 0 unspecified atom stereocenters. The first kappa shape index (κ1) is 22.4. The van der Waals surface area contributed by atoms with E-state index in [-0.39, 0.29) is 23.6 Å². The lowest BCUT2D eigenvalue weighted by molar-refractivity contribution is -0.124. The van der Waals surface area contributed by atoms with Crippen LogP contribution in [0.5, 0.6) is 5.75 Å². The van der Waals surface area contributed by atoms with Gasteiger partial charge >= 0.3 is 5.97 Å². The molecule has 2 rings (SSSR count). The van der Waals surface area contributed by atoms with Crippen molar-refractivity contribution >= 4 is 21.7 Å². The summed E-state index contributed by atoms with van der Waals surface area (Å²) in [4.78, 5) is 24.1. The number of nitrogens with one attached hydrogen (secondary N) is 1. The molecule has 29 heavy (non-hydrogen) atoms. The molecule has 0 heterocycles. The van der Waals surface area contributed by atoms with E-state index in [2.05, 4.69) is 5.32 Å². The first-order valence-corrected chi connectivity index (χ1v) is 10.9. The summed E-state index contributed by atoms with van der Waals surface area (Å²) in [5, 5.41) is 2.60. The number of rotatable bonds is 8. The van der Waals surface area contributed by atoms with Crippen molar-refractivity contribution < 1.29 is 27.5 Å². The predicted octanol–water partition coefficient (Wildman–Crippen LogP) is 2.37. The molecule has 7 nitrogen and oxygen atoms in total. The van der Waals surface area contributed by atoms with Crippen molar-refractivity contribution in [3.8, 4) is 5.75 Å². The molecule has 0 atom stereocenters. The Morgan fingerprint density at radius 2 is 1.72 bits per heavy atom. The molecule has 0 aliphatic heterocycles. The van der Waals surface area contributed by atoms with Crippen LogP contribution >= 0.6 is 0 Å². The van der Waals surface area contributed by atoms with Gasteiger partial charge in [0, 0.05) is 6.26 Å². The van der Waals surface area contributed by atoms with E-state index in [1.807, 2.05) is 32.0 Å². The number of carbonyl (C=O) groups is 2. The highest BCUT2D eigenvalue weighted by Crippen LogP contribution is 2.18. The predicted molar refractivity (Wildman–Crippen MR) is 109 cm³/mol. The molecule has 0 spiro atoms. The Morgan fingerprint density at radius 3 is 2.38 bits per heavy atom. The van der Waals surface area contributed by atoms with Crippen molar-refractivity contribution in [3.05, 3.63) is 58.7 Å². The molecule has 0 aliphatic carbocycles. The van der Waals surface area contributed by atoms with Crippen LogP contribution in [0.1, 0.15) is 27.0 Å². The fourth-order valence-electron chi connectivity index (χ4n) is 2.62. The Bertz CT molecular complexity index is 1010. The van der Waals surface area contributed by atoms with E-state index in [1.54, 1.807) is 6.92 Å². The number of sulfone groups is 1. The Kier molecular flexibility index (Phi) is 7.39. The fraction of sp³-hybridized carbons (Fsp3) is 0.333. The zero-order valence-corrected chi connectivity index (χ0v) is 17.8. The molecule has 1 amide bonds. The Morgan fingerprint density at radius 1 is 1.00 bits per heavy atom. The molecule has 0 aliphatic rings. The second kappa shape index (κ2) is 9.56. The third-order valence-electron chi connectivity index (χ3n) is 4.20. The van der Waals surface area contributed by atoms with Crippen LogP contribution in [0, 0.1) is 20.8 Å². The van der Waals surface area contributed by atoms with Crippen LogP contribution in [0.15, 0.2) is 41.3 Å². The third kappa shape index (κ3) is 6.60. The number of ether oxygens (including phenoxy) is 2. The zero-order chi connectivity index (χ0) is 21.6. The first-order chi connectivity index (χ1) is 13.6. The second-order valence-electron chi connectivity index (χ2n) is 6.79. The average molecular weight is 419 g/mol. The Hall–Kier alpha value is -2.87. The van der Waals surface area contributed by atoms with Crippen molar-refractivity contribution in [1.29, 1.82) is 0 Å². The number of aryl methyl sites for hydroxylation is 3. The van der Waals surface area contributed by atoms with Crippen LogP contribution in [-0.4, -0.2) is 46.3 Å². The summed E-state index contributed by atoms with van der Waals surface area (Å²) in [5.41, 5.74) is 2.82. The molecule has 156 valence electrons. The first-order valence-electron chi connectivity index (χ1n) is 9.02. The number of hydrogen-bond donors (Lipinski definition) is 1. The summed E-state index contributed by atoms with van der Waals surface area (Å²) < 4.78 is 33.9. The van der Waals surface area contributed by atoms with Crippen molar-refractivity contribution in [1.82, 2.24) is 5.32 Å². The molecule has 8 heteroatoms. The number of benzene rings is 2. The lowest BCUT2D eigenvalue weighted by atomic mass is 10.1. The molecule has 0 saturated heterocycles. The average Bonchev–Trinajstić information content (AvgIpc) is 2.64. The molecular weight excluding hydrogens is 394 g/mol. The minimum atomic E-state index is -3.45. The maximum Gasteiger partial charge on any atom is 0.338 e. The highest BCUT2D eigenvalue weighted by Gasteiger charge is 2.16. The zero-order valence-electron chi connectivity index (χ0n) is 16.9. The van der Waals surface area contributed by atoms with Gasteiger partial charge in [-0.2, -0.15) is 0 Å². The molecule has 2 aromatic carbocycles. The van der Waals surface area contributed by atoms with E-state index in [0.717, 1.165) is 23.1 Å². The number of amides is 1. The summed E-state index contributed by atoms with van der Waals surface area (Å²) in [6, 6.07) is 10.0. The topological polar surface area (TPSA) is 98.8 Å². The van der Waals surface area contributed by atoms with Gasteiger partial charge in [0.25, 0.3) is 5.91 Å². The normalized spacial score (nSPS) is 11.0. The van der Waals surface area contributed by atoms with Crippen LogP contribution in [0.2, 0.25) is 0 Å². The maximum absolute atomic E-state index is 12.2. The minimum absolute atomic E-state index is 0.0167. The minimum Gasteiger partial charge on any atom is -0.491 e. The van der Waals surface area contributed by atoms with Gasteiger partial charge in [0.1, 0.15) is 12.4 Å². The number of esters is 1. The van der Waals surface area contributed by atoms with Gasteiger partial charge in [0.05, 0.1) is 17.0 Å². The van der Waals surface area contributed by atoms with Crippen molar-refractivity contribution in [2.24, 2.45) is 0 Å². The van der Waals surface area contributed by atoms with Gasteiger partial charge in [-0.05, 0) is 50.1 Å². The molecular formula is C21H25NO6S. The highest BCUT2D eigenvalue weighted by atomic mass is 32.2. The van der Waals surface area contributed by atoms with Crippen molar-refractivity contribution in [2.45, 2.75) is 25.7 Å². The molecule has 0 radical (unpaired) electrons. The largest absolute Gasteiger partial charge is 0.491 e. The highest BCUT2D eigenvalue weighted by molar-refractivity contribution is 7.90. The number of carbonyl (C=O) groups excluding carboxylic acids is 2. The van der Waals surface area contributed by atoms with Crippen molar-refractivity contribution in [3.63, 3.8) is 0 Å². The summed E-state index contributed by atoms with van der Waals surface area (Å²) in [7, 11) is -3.45. The van der Waals surface area contributed by atoms with Crippen LogP contribution in [0.4, 0.5) is 0 Å². The van der Waals surface area contributed by atoms with Gasteiger partial charge in [-0.25, -0.2) is 13.2 Å². The lowest BCUT2D eigenvalue weighted by Gasteiger charge is -2.11. The second-order valence-corrected chi connectivity index (χ2v) is 8.81. The summed E-state index contributed by atoms with van der Waals surface area (Å²) in [5.74, 6) is -0.480. The van der Waals surface area contributed by atoms with E-state index in [4.69, 9.17) is 9.47 Å². The van der Waals surface area contributed by atoms with Crippen LogP contribution in [0.3, 0.4) is 0 Å². The molecule has 0 aromatic heterocycles. The van der Waals surface area contributed by atoms with Gasteiger partial charge in [-0.1, -0.05) is 23.8 Å². The van der Waals surface area contributed by atoms with Crippen LogP contribution < -0.4 is 10.1 Å². The standard InChI is InChI=1S/C21H25NO6S/c1-14-5-8-19(16(3)11-14)27-10-9-22-20(23)13-28-21(24)18-12-17(29(4,25)26)7-6-15(18)2/h5-8,11-12H,9-10,13H2,1-4H3,(H,22,23). The monoisotopic (exact) mass is 419 g/mol. The maximum atomic E-state index is 12.2. The lowest BCUT2D eigenvalue weighted by Crippen LogP contribution is -2.32. The Balaban J connectivity index is 1.81. The van der Waals surface area contributed by atoms with Gasteiger partial charge in [-0.15, -0.1) is 0 Å². The molecule has 0 fully saturated rings. The molecule has 0 saturated carbocycles. The molecule has 1 N–H and O–H groups in total. The smallest absolute Gasteiger partial charge is 0.338 e. The summed E-state index contributed by atoms with van der Waals surface area (Å²) in [6.07, 6.45) is 1.06. The molecule has 2 aromatic rings. The fourth-order valence-corrected chi connectivity index (χ4v) is 3.27. The van der Waals surface area contributed by atoms with Gasteiger partial charge < -0.3 is 14.8 Å². The summed E-state index contributed by atoms with van der Waals surface area (Å²) in [6.45, 7) is 5.67.